The van der Waals surface area contributed by atoms with E-state index < -0.39 is 23.7 Å². The van der Waals surface area contributed by atoms with Crippen molar-refractivity contribution in [3.8, 4) is 11.5 Å². The Morgan fingerprint density at radius 3 is 2.21 bits per heavy atom. The number of carbonyl (C=O) groups is 2. The molecule has 162 valence electrons. The Bertz CT molecular complexity index is 736. The largest absolute Gasteiger partial charge is 0.573 e. The second-order valence-electron chi connectivity index (χ2n) is 7.77. The van der Waals surface area contributed by atoms with Crippen LogP contribution in [0.1, 0.15) is 44.0 Å². The molecule has 1 aliphatic heterocycles. The van der Waals surface area contributed by atoms with Gasteiger partial charge in [0.15, 0.2) is 0 Å². The van der Waals surface area contributed by atoms with Crippen molar-refractivity contribution in [2.24, 2.45) is 5.92 Å². The first-order chi connectivity index (χ1) is 13.3. The summed E-state index contributed by atoms with van der Waals surface area (Å²) in [5, 5.41) is 9.07. The van der Waals surface area contributed by atoms with Gasteiger partial charge in [0.2, 0.25) is 0 Å². The van der Waals surface area contributed by atoms with Crippen LogP contribution < -0.4 is 9.47 Å². The molecule has 0 atom stereocenters. The summed E-state index contributed by atoms with van der Waals surface area (Å²) >= 11 is 0. The van der Waals surface area contributed by atoms with Gasteiger partial charge in [0.05, 0.1) is 12.2 Å². The Kier molecular flexibility index (Phi) is 6.86. The van der Waals surface area contributed by atoms with E-state index in [1.54, 1.807) is 25.7 Å². The Hall–Kier alpha value is -2.65. The minimum absolute atomic E-state index is 0.0290. The number of alkyl halides is 3. The number of halogens is 3. The van der Waals surface area contributed by atoms with Gasteiger partial charge >= 0.3 is 18.4 Å². The number of nitrogens with zero attached hydrogens (tertiary/aromatic N) is 1. The summed E-state index contributed by atoms with van der Waals surface area (Å²) in [5.74, 6) is -2.02. The molecule has 1 amide bonds. The Morgan fingerprint density at radius 2 is 1.69 bits per heavy atom. The first-order valence-corrected chi connectivity index (χ1v) is 9.07. The fourth-order valence-corrected chi connectivity index (χ4v) is 2.79. The minimum atomic E-state index is -4.94. The Balaban J connectivity index is 1.93. The fourth-order valence-electron chi connectivity index (χ4n) is 2.79. The van der Waals surface area contributed by atoms with Gasteiger partial charge in [0, 0.05) is 19.2 Å². The van der Waals surface area contributed by atoms with Crippen molar-refractivity contribution in [1.82, 2.24) is 4.90 Å². The van der Waals surface area contributed by atoms with E-state index >= 15 is 0 Å². The van der Waals surface area contributed by atoms with Gasteiger partial charge in [-0.05, 0) is 51.7 Å². The van der Waals surface area contributed by atoms with Crippen LogP contribution in [0.3, 0.4) is 0 Å². The molecule has 7 nitrogen and oxygen atoms in total. The number of hydrogen-bond donors (Lipinski definition) is 1. The molecule has 29 heavy (non-hydrogen) atoms. The molecule has 1 aromatic carbocycles. The van der Waals surface area contributed by atoms with Crippen molar-refractivity contribution in [2.45, 2.75) is 45.6 Å². The lowest BCUT2D eigenvalue weighted by atomic mass is 9.98. The summed E-state index contributed by atoms with van der Waals surface area (Å²) in [6.07, 6.45) is -4.07. The number of amides is 1. The molecular weight excluding hydrogens is 395 g/mol. The molecule has 0 radical (unpaired) electrons. The van der Waals surface area contributed by atoms with Gasteiger partial charge in [-0.3, -0.25) is 0 Å². The maximum atomic E-state index is 12.4. The first-order valence-electron chi connectivity index (χ1n) is 9.07. The summed E-state index contributed by atoms with van der Waals surface area (Å²) in [5.41, 5.74) is -0.955. The average molecular weight is 419 g/mol. The molecule has 1 aromatic rings. The highest BCUT2D eigenvalue weighted by Gasteiger charge is 2.32. The number of piperidine rings is 1. The van der Waals surface area contributed by atoms with Crippen LogP contribution in [0.25, 0.3) is 0 Å². The lowest BCUT2D eigenvalue weighted by Gasteiger charge is -2.33. The van der Waals surface area contributed by atoms with Crippen molar-refractivity contribution in [2.75, 3.05) is 19.7 Å². The van der Waals surface area contributed by atoms with Gasteiger partial charge in [-0.1, -0.05) is 0 Å². The van der Waals surface area contributed by atoms with Crippen LogP contribution in [-0.2, 0) is 4.74 Å². The number of carbonyl (C=O) groups excluding carboxylic acids is 1. The van der Waals surface area contributed by atoms with Gasteiger partial charge in [0.25, 0.3) is 0 Å². The van der Waals surface area contributed by atoms with Crippen LogP contribution in [0.15, 0.2) is 18.2 Å². The molecular formula is C19H24F3NO6. The monoisotopic (exact) mass is 419 g/mol. The number of ether oxygens (including phenoxy) is 3. The smallest absolute Gasteiger partial charge is 0.493 e. The zero-order chi connectivity index (χ0) is 21.8. The standard InChI is InChI=1S/C19H24F3NO6/c1-18(2,3)29-17(26)23-6-4-12(5-7-23)11-27-14-8-13(16(24)25)9-15(10-14)28-19(20,21)22/h8-10,12H,4-7,11H2,1-3H3,(H,24,25). The van der Waals surface area contributed by atoms with Crippen molar-refractivity contribution < 1.29 is 42.1 Å². The van der Waals surface area contributed by atoms with Gasteiger partial charge in [-0.25, -0.2) is 9.59 Å². The van der Waals surface area contributed by atoms with Crippen LogP contribution in [0, 0.1) is 5.92 Å². The molecule has 1 N–H and O–H groups in total. The van der Waals surface area contributed by atoms with Crippen molar-refractivity contribution in [3.05, 3.63) is 23.8 Å². The van der Waals surface area contributed by atoms with Crippen molar-refractivity contribution in [1.29, 1.82) is 0 Å². The van der Waals surface area contributed by atoms with Crippen LogP contribution >= 0.6 is 0 Å². The predicted molar refractivity (Wildman–Crippen MR) is 96.1 cm³/mol. The second kappa shape index (κ2) is 8.79. The lowest BCUT2D eigenvalue weighted by molar-refractivity contribution is -0.274. The fraction of sp³-hybridized carbons (Fsp3) is 0.579. The molecule has 0 saturated carbocycles. The van der Waals surface area contributed by atoms with Crippen LogP contribution in [0.2, 0.25) is 0 Å². The highest BCUT2D eigenvalue weighted by atomic mass is 19.4. The molecule has 1 aliphatic rings. The number of aromatic carboxylic acids is 1. The zero-order valence-electron chi connectivity index (χ0n) is 16.4. The third kappa shape index (κ3) is 7.71. The van der Waals surface area contributed by atoms with E-state index in [-0.39, 0.29) is 29.9 Å². The molecule has 0 unspecified atom stereocenters. The minimum Gasteiger partial charge on any atom is -0.493 e. The topological polar surface area (TPSA) is 85.3 Å². The summed E-state index contributed by atoms with van der Waals surface area (Å²) in [7, 11) is 0. The van der Waals surface area contributed by atoms with E-state index in [2.05, 4.69) is 4.74 Å². The third-order valence-corrected chi connectivity index (χ3v) is 4.11. The summed E-state index contributed by atoms with van der Waals surface area (Å²) < 4.78 is 52.0. The summed E-state index contributed by atoms with van der Waals surface area (Å²) in [4.78, 5) is 24.8. The predicted octanol–water partition coefficient (Wildman–Crippen LogP) is 4.31. The summed E-state index contributed by atoms with van der Waals surface area (Å²) in [6, 6.07) is 2.92. The van der Waals surface area contributed by atoms with E-state index in [4.69, 9.17) is 14.6 Å². The van der Waals surface area contributed by atoms with Crippen LogP contribution in [0.5, 0.6) is 11.5 Å². The van der Waals surface area contributed by atoms with Gasteiger partial charge < -0.3 is 24.2 Å². The molecule has 1 heterocycles. The highest BCUT2D eigenvalue weighted by molar-refractivity contribution is 5.88. The Morgan fingerprint density at radius 1 is 1.10 bits per heavy atom. The molecule has 1 fully saturated rings. The van der Waals surface area contributed by atoms with E-state index in [1.165, 1.54) is 0 Å². The normalized spacial score (nSPS) is 15.7. The van der Waals surface area contributed by atoms with E-state index in [0.29, 0.717) is 25.9 Å². The van der Waals surface area contributed by atoms with Crippen LogP contribution in [-0.4, -0.2) is 53.7 Å². The average Bonchev–Trinajstić information content (AvgIpc) is 2.57. The quantitative estimate of drug-likeness (QED) is 0.766. The second-order valence-corrected chi connectivity index (χ2v) is 7.77. The number of carboxylic acids is 1. The molecule has 1 saturated heterocycles. The van der Waals surface area contributed by atoms with E-state index in [0.717, 1.165) is 18.2 Å². The molecule has 0 aliphatic carbocycles. The summed E-state index contributed by atoms with van der Waals surface area (Å²) in [6.45, 7) is 6.48. The molecule has 10 heteroatoms. The maximum absolute atomic E-state index is 12.4. The number of hydrogen-bond acceptors (Lipinski definition) is 5. The maximum Gasteiger partial charge on any atom is 0.573 e. The zero-order valence-corrected chi connectivity index (χ0v) is 16.4. The van der Waals surface area contributed by atoms with Crippen LogP contribution in [0.4, 0.5) is 18.0 Å². The highest BCUT2D eigenvalue weighted by Crippen LogP contribution is 2.29. The molecule has 0 aromatic heterocycles. The van der Waals surface area contributed by atoms with Crippen molar-refractivity contribution in [3.63, 3.8) is 0 Å². The van der Waals surface area contributed by atoms with Crippen molar-refractivity contribution >= 4 is 12.1 Å². The number of rotatable bonds is 5. The lowest BCUT2D eigenvalue weighted by Crippen LogP contribution is -2.42. The number of benzene rings is 1. The van der Waals surface area contributed by atoms with Gasteiger partial charge in [0.1, 0.15) is 17.1 Å². The van der Waals surface area contributed by atoms with Gasteiger partial charge in [-0.15, -0.1) is 13.2 Å². The number of carboxylic acid groups (broad SMARTS) is 1. The molecule has 0 spiro atoms. The SMILES string of the molecule is CC(C)(C)OC(=O)N1CCC(COc2cc(OC(F)(F)F)cc(C(=O)O)c2)CC1. The van der Waals surface area contributed by atoms with Gasteiger partial charge in [-0.2, -0.15) is 0 Å². The van der Waals surface area contributed by atoms with E-state index in [1.807, 2.05) is 0 Å². The van der Waals surface area contributed by atoms with E-state index in [9.17, 15) is 22.8 Å². The third-order valence-electron chi connectivity index (χ3n) is 4.11. The molecule has 0 bridgehead atoms. The first kappa shape index (κ1) is 22.6. The molecule has 2 rings (SSSR count). The number of likely N-dealkylation sites (tertiary alicyclic amines) is 1. The Labute approximate surface area is 166 Å².